The average Bonchev–Trinajstić information content (AvgIpc) is 2.79. The van der Waals surface area contributed by atoms with E-state index < -0.39 is 42.9 Å². The van der Waals surface area contributed by atoms with E-state index in [1.165, 1.54) is 17.8 Å². The quantitative estimate of drug-likeness (QED) is 0.537. The lowest BCUT2D eigenvalue weighted by Gasteiger charge is -2.40. The summed E-state index contributed by atoms with van der Waals surface area (Å²) in [5.74, 6) is -0.569. The molecule has 0 aliphatic carbocycles. The predicted octanol–water partition coefficient (Wildman–Crippen LogP) is 0.683. The Balaban J connectivity index is 1.44. The van der Waals surface area contributed by atoms with Crippen molar-refractivity contribution in [2.45, 2.75) is 36.9 Å². The number of likely N-dealkylation sites (N-methyl/N-ethyl adjacent to an activating group) is 1. The lowest BCUT2D eigenvalue weighted by molar-refractivity contribution is -0.232. The highest BCUT2D eigenvalue weighted by Crippen LogP contribution is 2.34. The molecule has 2 fully saturated rings. The second-order valence-corrected chi connectivity index (χ2v) is 8.74. The fraction of sp³-hybridized carbons (Fsp3) is 0.500. The Bertz CT molecular complexity index is 902. The molecular formula is C24H31FN2O5. The average molecular weight is 447 g/mol. The summed E-state index contributed by atoms with van der Waals surface area (Å²) in [6.45, 7) is 3.54. The van der Waals surface area contributed by atoms with Gasteiger partial charge in [-0.3, -0.25) is 0 Å². The zero-order chi connectivity index (χ0) is 22.8. The van der Waals surface area contributed by atoms with E-state index in [1.54, 1.807) is 6.07 Å². The number of rotatable bonds is 5. The largest absolute Gasteiger partial charge is 0.394 e. The minimum Gasteiger partial charge on any atom is -0.394 e. The van der Waals surface area contributed by atoms with Gasteiger partial charge in [-0.25, -0.2) is 4.39 Å². The van der Waals surface area contributed by atoms with Crippen LogP contribution in [0.1, 0.15) is 22.8 Å². The zero-order valence-corrected chi connectivity index (χ0v) is 18.1. The molecule has 0 unspecified atom stereocenters. The number of aliphatic hydroxyl groups is 4. The first-order chi connectivity index (χ1) is 15.4. The summed E-state index contributed by atoms with van der Waals surface area (Å²) in [5, 5.41) is 39.5. The van der Waals surface area contributed by atoms with Crippen LogP contribution in [0, 0.1) is 5.82 Å². The second kappa shape index (κ2) is 9.82. The topological polar surface area (TPSA) is 96.6 Å². The van der Waals surface area contributed by atoms with Gasteiger partial charge in [0.05, 0.1) is 6.61 Å². The van der Waals surface area contributed by atoms with Crippen molar-refractivity contribution in [3.8, 4) is 0 Å². The van der Waals surface area contributed by atoms with E-state index in [1.807, 2.05) is 0 Å². The van der Waals surface area contributed by atoms with Crippen molar-refractivity contribution in [2.75, 3.05) is 44.7 Å². The maximum Gasteiger partial charge on any atom is 0.129 e. The molecule has 0 saturated carbocycles. The van der Waals surface area contributed by atoms with E-state index in [0.29, 0.717) is 6.42 Å². The third-order valence-corrected chi connectivity index (χ3v) is 6.48. The van der Waals surface area contributed by atoms with E-state index in [2.05, 4.69) is 41.1 Å². The number of halogens is 1. The van der Waals surface area contributed by atoms with E-state index in [-0.39, 0.29) is 5.56 Å². The molecule has 0 aromatic heterocycles. The van der Waals surface area contributed by atoms with Gasteiger partial charge in [0.25, 0.3) is 0 Å². The van der Waals surface area contributed by atoms with Crippen LogP contribution in [0.4, 0.5) is 10.1 Å². The van der Waals surface area contributed by atoms with Gasteiger partial charge >= 0.3 is 0 Å². The smallest absolute Gasteiger partial charge is 0.129 e. The van der Waals surface area contributed by atoms with Gasteiger partial charge < -0.3 is 35.0 Å². The Kier molecular flexibility index (Phi) is 7.09. The summed E-state index contributed by atoms with van der Waals surface area (Å²) >= 11 is 0. The first kappa shape index (κ1) is 23.1. The lowest BCUT2D eigenvalue weighted by atomic mass is 9.90. The molecule has 0 spiro atoms. The van der Waals surface area contributed by atoms with Crippen LogP contribution < -0.4 is 4.90 Å². The summed E-state index contributed by atoms with van der Waals surface area (Å²) in [5.41, 5.74) is 3.09. The number of anilines is 1. The Morgan fingerprint density at radius 2 is 1.56 bits per heavy atom. The molecule has 174 valence electrons. The molecule has 2 aromatic carbocycles. The zero-order valence-electron chi connectivity index (χ0n) is 18.1. The van der Waals surface area contributed by atoms with Gasteiger partial charge in [-0.05, 0) is 42.8 Å². The summed E-state index contributed by atoms with van der Waals surface area (Å²) in [6.07, 6.45) is -6.21. The highest BCUT2D eigenvalue weighted by molar-refractivity contribution is 5.48. The molecule has 2 aliphatic rings. The van der Waals surface area contributed by atoms with E-state index >= 15 is 0 Å². The molecule has 0 amide bonds. The summed E-state index contributed by atoms with van der Waals surface area (Å²) in [6, 6.07) is 13.0. The number of ether oxygens (including phenoxy) is 1. The maximum absolute atomic E-state index is 14.9. The van der Waals surface area contributed by atoms with Crippen LogP contribution in [0.25, 0.3) is 0 Å². The highest BCUT2D eigenvalue weighted by atomic mass is 19.1. The second-order valence-electron chi connectivity index (χ2n) is 8.74. The van der Waals surface area contributed by atoms with Crippen LogP contribution in [0.15, 0.2) is 42.5 Å². The fourth-order valence-corrected chi connectivity index (χ4v) is 4.39. The molecule has 2 aromatic rings. The van der Waals surface area contributed by atoms with E-state index in [4.69, 9.17) is 4.74 Å². The van der Waals surface area contributed by atoms with Crippen LogP contribution in [0.5, 0.6) is 0 Å². The number of hydrogen-bond donors (Lipinski definition) is 4. The van der Waals surface area contributed by atoms with Gasteiger partial charge in [-0.15, -0.1) is 0 Å². The van der Waals surface area contributed by atoms with Crippen LogP contribution in [0.2, 0.25) is 0 Å². The highest BCUT2D eigenvalue weighted by Gasteiger charge is 2.44. The van der Waals surface area contributed by atoms with Crippen molar-refractivity contribution in [3.63, 3.8) is 0 Å². The molecule has 4 rings (SSSR count). The Morgan fingerprint density at radius 3 is 2.19 bits per heavy atom. The third kappa shape index (κ3) is 4.80. The van der Waals surface area contributed by atoms with Gasteiger partial charge in [-0.2, -0.15) is 0 Å². The van der Waals surface area contributed by atoms with Crippen LogP contribution >= 0.6 is 0 Å². The van der Waals surface area contributed by atoms with Crippen molar-refractivity contribution < 1.29 is 29.6 Å². The lowest BCUT2D eigenvalue weighted by Crippen LogP contribution is -2.55. The molecule has 2 aliphatic heterocycles. The van der Waals surface area contributed by atoms with Crippen molar-refractivity contribution in [3.05, 3.63) is 65.0 Å². The van der Waals surface area contributed by atoms with Crippen molar-refractivity contribution in [1.82, 2.24) is 4.90 Å². The van der Waals surface area contributed by atoms with Gasteiger partial charge in [-0.1, -0.05) is 24.3 Å². The molecule has 8 heteroatoms. The summed E-state index contributed by atoms with van der Waals surface area (Å²) < 4.78 is 20.4. The monoisotopic (exact) mass is 446 g/mol. The summed E-state index contributed by atoms with van der Waals surface area (Å²) in [4.78, 5) is 4.67. The van der Waals surface area contributed by atoms with E-state index in [0.717, 1.165) is 37.3 Å². The molecule has 0 bridgehead atoms. The van der Waals surface area contributed by atoms with Gasteiger partial charge in [0.2, 0.25) is 0 Å². The normalized spacial score (nSPS) is 29.3. The SMILES string of the molecule is CN1CCN(c2ccc(Cc3ccc([C@@H]4O[C@H](CO)[C@@H](O)[C@H](O)[C@H]4O)c(F)c3)cc2)CC1. The number of piperazine rings is 1. The molecule has 4 N–H and O–H groups in total. The van der Waals surface area contributed by atoms with Crippen LogP contribution in [-0.2, 0) is 11.2 Å². The summed E-state index contributed by atoms with van der Waals surface area (Å²) in [7, 11) is 2.13. The number of benzene rings is 2. The minimum absolute atomic E-state index is 0.0797. The molecule has 2 saturated heterocycles. The molecule has 0 radical (unpaired) electrons. The molecule has 5 atom stereocenters. The number of nitrogens with zero attached hydrogens (tertiary/aromatic N) is 2. The standard InChI is InChI=1S/C24H31FN2O5/c1-26-8-10-27(11-9-26)17-5-2-15(3-6-17)12-16-4-7-18(19(25)13-16)24-23(31)22(30)21(29)20(14-28)32-24/h2-7,13,20-24,28-31H,8-12,14H2,1H3/t20-,21-,22+,23-,24+/m1/s1. The Hall–Kier alpha value is -2.07. The Labute approximate surface area is 187 Å². The third-order valence-electron chi connectivity index (χ3n) is 6.48. The van der Waals surface area contributed by atoms with E-state index in [9.17, 15) is 24.8 Å². The molecule has 7 nitrogen and oxygen atoms in total. The van der Waals surface area contributed by atoms with Crippen LogP contribution in [-0.4, -0.2) is 89.6 Å². The molecule has 32 heavy (non-hydrogen) atoms. The van der Waals surface area contributed by atoms with Crippen molar-refractivity contribution in [1.29, 1.82) is 0 Å². The first-order valence-corrected chi connectivity index (χ1v) is 11.0. The van der Waals surface area contributed by atoms with Gasteiger partial charge in [0.15, 0.2) is 0 Å². The maximum atomic E-state index is 14.9. The molecule has 2 heterocycles. The van der Waals surface area contributed by atoms with Gasteiger partial charge in [0.1, 0.15) is 36.3 Å². The predicted molar refractivity (Wildman–Crippen MR) is 118 cm³/mol. The fourth-order valence-electron chi connectivity index (χ4n) is 4.39. The van der Waals surface area contributed by atoms with Crippen molar-refractivity contribution in [2.24, 2.45) is 0 Å². The minimum atomic E-state index is -1.54. The Morgan fingerprint density at radius 1 is 0.906 bits per heavy atom. The number of aliphatic hydroxyl groups excluding tert-OH is 4. The first-order valence-electron chi connectivity index (χ1n) is 11.0. The number of hydrogen-bond acceptors (Lipinski definition) is 7. The molecular weight excluding hydrogens is 415 g/mol. The van der Waals surface area contributed by atoms with Crippen molar-refractivity contribution >= 4 is 5.69 Å². The van der Waals surface area contributed by atoms with Crippen LogP contribution in [0.3, 0.4) is 0 Å². The van der Waals surface area contributed by atoms with Gasteiger partial charge in [0, 0.05) is 37.4 Å².